The van der Waals surface area contributed by atoms with Crippen LogP contribution in [-0.2, 0) is 30.4 Å². The molecule has 0 atom stereocenters. The average molecular weight is 675 g/mol. The van der Waals surface area contributed by atoms with Crippen LogP contribution in [0, 0.1) is 0 Å². The molecule has 0 aliphatic rings. The van der Waals surface area contributed by atoms with E-state index in [4.69, 9.17) is 5.73 Å². The van der Waals surface area contributed by atoms with Gasteiger partial charge >= 0.3 is 0 Å². The largest absolute Gasteiger partial charge is 0.505 e. The third-order valence-corrected chi connectivity index (χ3v) is 9.16. The van der Waals surface area contributed by atoms with Gasteiger partial charge in [-0.05, 0) is 60.0 Å². The van der Waals surface area contributed by atoms with Crippen LogP contribution >= 0.6 is 0 Å². The van der Waals surface area contributed by atoms with Crippen LogP contribution in [0.5, 0.6) is 5.75 Å². The highest BCUT2D eigenvalue weighted by Crippen LogP contribution is 2.43. The molecule has 0 saturated heterocycles. The van der Waals surface area contributed by atoms with Gasteiger partial charge in [0, 0.05) is 29.4 Å². The molecule has 234 valence electrons. The van der Waals surface area contributed by atoms with Gasteiger partial charge in [-0.1, -0.05) is 12.1 Å². The maximum Gasteiger partial charge on any atom is 0.296 e. The van der Waals surface area contributed by atoms with Crippen molar-refractivity contribution < 1.29 is 44.0 Å². The summed E-state index contributed by atoms with van der Waals surface area (Å²) in [5, 5.41) is 20.6. The lowest BCUT2D eigenvalue weighted by atomic mass is 10.1. The lowest BCUT2D eigenvalue weighted by Crippen LogP contribution is -2.27. The number of hydrogen-bond acceptors (Lipinski definition) is 13. The predicted molar refractivity (Wildman–Crippen MR) is 164 cm³/mol. The lowest BCUT2D eigenvalue weighted by molar-refractivity contribution is 0.471. The van der Waals surface area contributed by atoms with Crippen molar-refractivity contribution in [1.29, 1.82) is 0 Å². The molecule has 45 heavy (non-hydrogen) atoms. The van der Waals surface area contributed by atoms with E-state index in [1.54, 1.807) is 18.2 Å². The molecule has 1 aromatic heterocycles. The molecule has 0 bridgehead atoms. The Balaban J connectivity index is 1.68. The first-order valence-corrected chi connectivity index (χ1v) is 16.7. The van der Waals surface area contributed by atoms with E-state index in [1.165, 1.54) is 31.4 Å². The van der Waals surface area contributed by atoms with Gasteiger partial charge in [0.25, 0.3) is 30.4 Å². The summed E-state index contributed by atoms with van der Waals surface area (Å²) in [7, 11) is -13.3. The number of azo groups is 1. The van der Waals surface area contributed by atoms with Crippen molar-refractivity contribution >= 4 is 80.5 Å². The van der Waals surface area contributed by atoms with Crippen molar-refractivity contribution in [1.82, 2.24) is 4.98 Å². The molecular weight excluding hydrogens is 653 g/mol. The van der Waals surface area contributed by atoms with Crippen LogP contribution in [0.3, 0.4) is 0 Å². The SMILES string of the molecule is CN(Nc1ccc(N=Nc2ccccn2)c2ccc(S(=O)(=O)O)cc12)c1c(S(=O)(=O)O)cc2cc(S(=O)(=O)O)c(N)cc2c1O. The number of nitrogens with two attached hydrogens (primary N) is 1. The fourth-order valence-corrected chi connectivity index (χ4v) is 6.44. The monoisotopic (exact) mass is 674 g/mol. The number of phenolic OH excluding ortho intramolecular Hbond substituents is 1. The second-order valence-corrected chi connectivity index (χ2v) is 13.7. The second kappa shape index (κ2) is 11.2. The number of aromatic hydroxyl groups is 1. The van der Waals surface area contributed by atoms with E-state index in [9.17, 15) is 44.0 Å². The summed E-state index contributed by atoms with van der Waals surface area (Å²) < 4.78 is 101. The molecule has 0 aliphatic carbocycles. The van der Waals surface area contributed by atoms with Gasteiger partial charge in [0.2, 0.25) is 0 Å². The molecular formula is C26H22N6O10S3. The second-order valence-electron chi connectivity index (χ2n) is 9.51. The normalized spacial score (nSPS) is 12.6. The van der Waals surface area contributed by atoms with E-state index < -0.39 is 62.2 Å². The third kappa shape index (κ3) is 6.34. The summed E-state index contributed by atoms with van der Waals surface area (Å²) in [6.07, 6.45) is 1.51. The molecule has 4 aromatic carbocycles. The van der Waals surface area contributed by atoms with Crippen molar-refractivity contribution in [3.05, 3.63) is 72.9 Å². The summed E-state index contributed by atoms with van der Waals surface area (Å²) >= 11 is 0. The molecule has 0 fully saturated rings. The van der Waals surface area contributed by atoms with Gasteiger partial charge in [-0.15, -0.1) is 10.2 Å². The number of phenols is 1. The molecule has 5 aromatic rings. The number of nitrogen functional groups attached to an aromatic ring is 1. The molecule has 19 heteroatoms. The number of pyridine rings is 1. The Bertz CT molecular complexity index is 2370. The molecule has 0 unspecified atom stereocenters. The summed E-state index contributed by atoms with van der Waals surface area (Å²) in [5.74, 6) is -0.469. The molecule has 0 radical (unpaired) electrons. The summed E-state index contributed by atoms with van der Waals surface area (Å²) in [6.45, 7) is 0. The maximum atomic E-state index is 12.4. The number of rotatable bonds is 8. The van der Waals surface area contributed by atoms with Crippen molar-refractivity contribution in [3.63, 3.8) is 0 Å². The Labute approximate surface area is 255 Å². The Morgan fingerprint density at radius 1 is 0.778 bits per heavy atom. The van der Waals surface area contributed by atoms with Crippen LogP contribution in [0.2, 0.25) is 0 Å². The first-order valence-electron chi connectivity index (χ1n) is 12.4. The number of fused-ring (bicyclic) bond motifs is 2. The van der Waals surface area contributed by atoms with Gasteiger partial charge in [-0.25, -0.2) is 4.98 Å². The minimum Gasteiger partial charge on any atom is -0.505 e. The van der Waals surface area contributed by atoms with Gasteiger partial charge in [-0.2, -0.15) is 25.3 Å². The Morgan fingerprint density at radius 2 is 1.47 bits per heavy atom. The molecule has 7 N–H and O–H groups in total. The van der Waals surface area contributed by atoms with Crippen molar-refractivity contribution in [2.24, 2.45) is 10.2 Å². The molecule has 0 amide bonds. The van der Waals surface area contributed by atoms with Crippen molar-refractivity contribution in [2.75, 3.05) is 23.2 Å². The van der Waals surface area contributed by atoms with Crippen molar-refractivity contribution in [3.8, 4) is 5.75 Å². The number of aromatic nitrogens is 1. The Morgan fingerprint density at radius 3 is 2.09 bits per heavy atom. The van der Waals surface area contributed by atoms with Crippen LogP contribution in [0.15, 0.2) is 97.8 Å². The van der Waals surface area contributed by atoms with Crippen LogP contribution in [0.25, 0.3) is 21.5 Å². The minimum atomic E-state index is -5.08. The van der Waals surface area contributed by atoms with Crippen LogP contribution in [0.4, 0.5) is 28.6 Å². The van der Waals surface area contributed by atoms with E-state index in [-0.39, 0.29) is 33.4 Å². The molecule has 5 rings (SSSR count). The van der Waals surface area contributed by atoms with Crippen LogP contribution in [0.1, 0.15) is 0 Å². The van der Waals surface area contributed by atoms with E-state index in [0.29, 0.717) is 5.39 Å². The van der Waals surface area contributed by atoms with E-state index >= 15 is 0 Å². The quantitative estimate of drug-likeness (QED) is 0.0580. The highest BCUT2D eigenvalue weighted by atomic mass is 32.2. The minimum absolute atomic E-state index is 0.122. The number of nitrogens with one attached hydrogen (secondary N) is 1. The molecule has 16 nitrogen and oxygen atoms in total. The first kappa shape index (κ1) is 31.5. The zero-order valence-electron chi connectivity index (χ0n) is 22.8. The maximum absolute atomic E-state index is 12.4. The summed E-state index contributed by atoms with van der Waals surface area (Å²) in [6, 6.07) is 14.2. The Kier molecular flexibility index (Phi) is 7.85. The number of hydrazine groups is 1. The number of benzene rings is 4. The van der Waals surface area contributed by atoms with E-state index in [2.05, 4.69) is 20.6 Å². The van der Waals surface area contributed by atoms with Gasteiger partial charge < -0.3 is 10.8 Å². The van der Waals surface area contributed by atoms with Crippen LogP contribution < -0.4 is 16.2 Å². The zero-order valence-corrected chi connectivity index (χ0v) is 25.2. The van der Waals surface area contributed by atoms with Gasteiger partial charge in [0.15, 0.2) is 5.82 Å². The number of anilines is 3. The van der Waals surface area contributed by atoms with Crippen LogP contribution in [-0.4, -0.2) is 56.0 Å². The third-order valence-electron chi connectivity index (χ3n) is 6.53. The number of hydrogen-bond donors (Lipinski definition) is 6. The fourth-order valence-electron chi connectivity index (χ4n) is 4.55. The van der Waals surface area contributed by atoms with E-state index in [1.807, 2.05) is 0 Å². The van der Waals surface area contributed by atoms with Gasteiger partial charge in [0.1, 0.15) is 21.2 Å². The highest BCUT2D eigenvalue weighted by Gasteiger charge is 2.27. The van der Waals surface area contributed by atoms with Gasteiger partial charge in [-0.3, -0.25) is 24.1 Å². The zero-order chi connectivity index (χ0) is 32.9. The number of nitrogens with zero attached hydrogens (tertiary/aromatic N) is 4. The summed E-state index contributed by atoms with van der Waals surface area (Å²) in [4.78, 5) is 1.96. The highest BCUT2D eigenvalue weighted by molar-refractivity contribution is 7.86. The van der Waals surface area contributed by atoms with Crippen molar-refractivity contribution in [2.45, 2.75) is 14.7 Å². The molecule has 0 saturated carbocycles. The predicted octanol–water partition coefficient (Wildman–Crippen LogP) is 4.29. The lowest BCUT2D eigenvalue weighted by Gasteiger charge is -2.26. The molecule has 0 spiro atoms. The average Bonchev–Trinajstić information content (AvgIpc) is 2.95. The topological polar surface area (TPSA) is 262 Å². The molecule has 0 aliphatic heterocycles. The molecule has 1 heterocycles. The standard InChI is InChI=1S/C26H22N6O10S3/c1-32(25-23(45(40,41)42)11-14-10-22(44(37,38)39)19(27)13-17(14)26(25)33)31-21-8-7-20(29-30-24-4-2-3-9-28-24)16-6-5-15(12-18(16)21)43(34,35)36/h2-13,31,33H,27H2,1H3,(H,34,35,36)(H,37,38,39)(H,40,41,42). The summed E-state index contributed by atoms with van der Waals surface area (Å²) in [5.41, 5.74) is 8.00. The van der Waals surface area contributed by atoms with Gasteiger partial charge in [0.05, 0.1) is 22.0 Å². The fraction of sp³-hybridized carbons (Fsp3) is 0.0385. The first-order chi connectivity index (χ1) is 20.9. The smallest absolute Gasteiger partial charge is 0.296 e. The van der Waals surface area contributed by atoms with E-state index in [0.717, 1.165) is 35.3 Å². The Hall–Kier alpha value is -4.92.